The van der Waals surface area contributed by atoms with E-state index >= 15 is 0 Å². The first-order valence-electron chi connectivity index (χ1n) is 11.2. The van der Waals surface area contributed by atoms with Gasteiger partial charge in [-0.1, -0.05) is 72.0 Å². The minimum absolute atomic E-state index is 0.0145. The highest BCUT2D eigenvalue weighted by molar-refractivity contribution is 7.15. The fraction of sp³-hybridized carbons (Fsp3) is 0. The monoisotopic (exact) mass is 504 g/mol. The Labute approximate surface area is 213 Å². The lowest BCUT2D eigenvalue weighted by Gasteiger charge is -2.07. The van der Waals surface area contributed by atoms with Gasteiger partial charge in [-0.25, -0.2) is 9.97 Å². The van der Waals surface area contributed by atoms with Crippen molar-refractivity contribution >= 4 is 28.1 Å². The summed E-state index contributed by atoms with van der Waals surface area (Å²) < 4.78 is 1.65. The lowest BCUT2D eigenvalue weighted by molar-refractivity contribution is -0.384. The molecule has 0 aliphatic rings. The third-order valence-electron chi connectivity index (χ3n) is 5.65. The molecule has 0 saturated carbocycles. The lowest BCUT2D eigenvalue weighted by Crippen LogP contribution is -2.23. The maximum atomic E-state index is 13.0. The van der Waals surface area contributed by atoms with Crippen LogP contribution >= 0.6 is 11.3 Å². The van der Waals surface area contributed by atoms with Gasteiger partial charge in [0.15, 0.2) is 0 Å². The Morgan fingerprint density at radius 3 is 1.92 bits per heavy atom. The van der Waals surface area contributed by atoms with Crippen molar-refractivity contribution in [3.63, 3.8) is 0 Å². The predicted molar refractivity (Wildman–Crippen MR) is 141 cm³/mol. The molecule has 37 heavy (non-hydrogen) atoms. The van der Waals surface area contributed by atoms with Gasteiger partial charge in [0.05, 0.1) is 20.8 Å². The maximum absolute atomic E-state index is 13.0. The average molecular weight is 505 g/mol. The Bertz CT molecular complexity index is 1810. The first-order valence-corrected chi connectivity index (χ1v) is 12.0. The van der Waals surface area contributed by atoms with Gasteiger partial charge in [0.2, 0.25) is 16.6 Å². The second-order valence-electron chi connectivity index (χ2n) is 8.09. The van der Waals surface area contributed by atoms with Crippen molar-refractivity contribution in [2.24, 2.45) is 0 Å². The largest absolute Gasteiger partial charge is 0.291 e. The zero-order chi connectivity index (χ0) is 25.4. The molecule has 0 aliphatic heterocycles. The van der Waals surface area contributed by atoms with E-state index in [1.54, 1.807) is 18.2 Å². The van der Waals surface area contributed by atoms with Gasteiger partial charge in [-0.15, -0.1) is 5.10 Å². The smallest absolute Gasteiger partial charge is 0.266 e. The summed E-state index contributed by atoms with van der Waals surface area (Å²) in [5, 5.41) is 15.3. The van der Waals surface area contributed by atoms with E-state index in [0.29, 0.717) is 20.9 Å². The molecule has 3 aromatic heterocycles. The molecule has 0 aliphatic carbocycles. The molecule has 0 bridgehead atoms. The van der Waals surface area contributed by atoms with Gasteiger partial charge in [-0.3, -0.25) is 14.9 Å². The highest BCUT2D eigenvalue weighted by Crippen LogP contribution is 2.26. The number of hydrogen-bond donors (Lipinski definition) is 0. The van der Waals surface area contributed by atoms with Gasteiger partial charge in [0.25, 0.3) is 11.2 Å². The van der Waals surface area contributed by atoms with Crippen LogP contribution in [-0.4, -0.2) is 29.5 Å². The Morgan fingerprint density at radius 2 is 1.38 bits per heavy atom. The molecule has 0 atom stereocenters. The third-order valence-corrected chi connectivity index (χ3v) is 6.61. The molecule has 10 heteroatoms. The number of benzene rings is 3. The van der Waals surface area contributed by atoms with Crippen molar-refractivity contribution in [1.82, 2.24) is 24.6 Å². The van der Waals surface area contributed by atoms with Gasteiger partial charge in [-0.2, -0.15) is 9.50 Å². The number of non-ortho nitro benzene ring substituents is 1. The van der Waals surface area contributed by atoms with E-state index in [1.807, 2.05) is 66.7 Å². The van der Waals surface area contributed by atoms with Crippen LogP contribution in [0.2, 0.25) is 0 Å². The number of aromatic nitrogens is 5. The van der Waals surface area contributed by atoms with Crippen molar-refractivity contribution < 1.29 is 4.92 Å². The predicted octanol–water partition coefficient (Wildman–Crippen LogP) is 4.40. The van der Waals surface area contributed by atoms with Crippen molar-refractivity contribution in [1.29, 1.82) is 0 Å². The standard InChI is InChI=1S/C27H16N6O3S/c34-26-23(15-17-11-13-20(14-12-17)33(35)36)37-27-30-25(31-32(26)27)24-28-21(18-7-3-1-4-8-18)16-22(29-24)19-9-5-2-6-10-19/h1-16H/b23-15+. The molecule has 6 aromatic rings. The Morgan fingerprint density at radius 1 is 0.784 bits per heavy atom. The number of hydrogen-bond acceptors (Lipinski definition) is 8. The van der Waals surface area contributed by atoms with Crippen LogP contribution in [0.25, 0.3) is 45.2 Å². The molecule has 0 unspecified atom stereocenters. The fourth-order valence-electron chi connectivity index (χ4n) is 3.83. The summed E-state index contributed by atoms with van der Waals surface area (Å²) in [4.78, 5) is 37.8. The van der Waals surface area contributed by atoms with Crippen molar-refractivity contribution in [2.45, 2.75) is 0 Å². The van der Waals surface area contributed by atoms with Crippen molar-refractivity contribution in [3.8, 4) is 34.2 Å². The summed E-state index contributed by atoms with van der Waals surface area (Å²) in [6.45, 7) is 0. The van der Waals surface area contributed by atoms with E-state index in [1.165, 1.54) is 28.0 Å². The number of rotatable bonds is 5. The summed E-state index contributed by atoms with van der Waals surface area (Å²) in [5.41, 5.74) is 3.61. The highest BCUT2D eigenvalue weighted by Gasteiger charge is 2.17. The molecular formula is C27H16N6O3S. The van der Waals surface area contributed by atoms with E-state index in [-0.39, 0.29) is 17.1 Å². The number of nitro benzene ring substituents is 1. The van der Waals surface area contributed by atoms with Crippen LogP contribution in [-0.2, 0) is 0 Å². The van der Waals surface area contributed by atoms with Gasteiger partial charge in [0.1, 0.15) is 0 Å². The second kappa shape index (κ2) is 9.17. The van der Waals surface area contributed by atoms with Crippen molar-refractivity contribution in [3.05, 3.63) is 122 Å². The topological polar surface area (TPSA) is 116 Å². The van der Waals surface area contributed by atoms with E-state index in [4.69, 9.17) is 9.97 Å². The third kappa shape index (κ3) is 4.37. The van der Waals surface area contributed by atoms with Crippen LogP contribution in [0.5, 0.6) is 0 Å². The number of fused-ring (bicyclic) bond motifs is 1. The molecule has 0 fully saturated rings. The summed E-state index contributed by atoms with van der Waals surface area (Å²) in [5.74, 6) is 0.566. The average Bonchev–Trinajstić information content (AvgIpc) is 3.49. The summed E-state index contributed by atoms with van der Waals surface area (Å²) >= 11 is 1.18. The van der Waals surface area contributed by atoms with Gasteiger partial charge >= 0.3 is 0 Å². The fourth-order valence-corrected chi connectivity index (χ4v) is 4.74. The quantitative estimate of drug-likeness (QED) is 0.252. The first kappa shape index (κ1) is 22.4. The molecule has 0 radical (unpaired) electrons. The van der Waals surface area contributed by atoms with Crippen LogP contribution in [0, 0.1) is 10.1 Å². The number of thiazole rings is 1. The minimum Gasteiger partial charge on any atom is -0.266 e. The molecule has 9 nitrogen and oxygen atoms in total. The molecule has 3 aromatic carbocycles. The summed E-state index contributed by atoms with van der Waals surface area (Å²) in [7, 11) is 0. The lowest BCUT2D eigenvalue weighted by atomic mass is 10.1. The maximum Gasteiger partial charge on any atom is 0.291 e. The molecular weight excluding hydrogens is 488 g/mol. The number of nitrogens with zero attached hydrogens (tertiary/aromatic N) is 6. The summed E-state index contributed by atoms with van der Waals surface area (Å²) in [6, 6.07) is 27.4. The number of nitro groups is 1. The molecule has 0 spiro atoms. The molecule has 0 amide bonds. The Hall–Kier alpha value is -5.09. The van der Waals surface area contributed by atoms with E-state index in [0.717, 1.165) is 22.5 Å². The van der Waals surface area contributed by atoms with E-state index < -0.39 is 4.92 Å². The zero-order valence-corrected chi connectivity index (χ0v) is 19.9. The van der Waals surface area contributed by atoms with Gasteiger partial charge in [-0.05, 0) is 29.8 Å². The highest BCUT2D eigenvalue weighted by atomic mass is 32.1. The Balaban J connectivity index is 1.44. The van der Waals surface area contributed by atoms with E-state index in [2.05, 4.69) is 10.1 Å². The molecule has 0 saturated heterocycles. The van der Waals surface area contributed by atoms with Gasteiger partial charge in [0, 0.05) is 23.3 Å². The zero-order valence-electron chi connectivity index (χ0n) is 19.1. The van der Waals surface area contributed by atoms with Crippen LogP contribution < -0.4 is 10.1 Å². The molecule has 178 valence electrons. The molecule has 6 rings (SSSR count). The minimum atomic E-state index is -0.467. The van der Waals surface area contributed by atoms with Crippen LogP contribution in [0.4, 0.5) is 5.69 Å². The van der Waals surface area contributed by atoms with Crippen LogP contribution in [0.15, 0.2) is 95.8 Å². The summed E-state index contributed by atoms with van der Waals surface area (Å²) in [6.07, 6.45) is 1.66. The second-order valence-corrected chi connectivity index (χ2v) is 9.10. The first-order chi connectivity index (χ1) is 18.0. The van der Waals surface area contributed by atoms with E-state index in [9.17, 15) is 14.9 Å². The molecule has 3 heterocycles. The van der Waals surface area contributed by atoms with Crippen molar-refractivity contribution in [2.75, 3.05) is 0 Å². The molecule has 0 N–H and O–H groups in total. The normalized spacial score (nSPS) is 11.7. The van der Waals surface area contributed by atoms with Gasteiger partial charge < -0.3 is 0 Å². The van der Waals surface area contributed by atoms with Crippen LogP contribution in [0.3, 0.4) is 0 Å². The Kier molecular flexibility index (Phi) is 5.55. The van der Waals surface area contributed by atoms with Crippen LogP contribution in [0.1, 0.15) is 5.56 Å². The SMILES string of the molecule is O=c1/c(=C\c2ccc([N+](=O)[O-])cc2)sc2nc(-c3nc(-c4ccccc4)cc(-c4ccccc4)n3)nn12.